The van der Waals surface area contributed by atoms with Crippen molar-refractivity contribution in [3.05, 3.63) is 53.3 Å². The van der Waals surface area contributed by atoms with Crippen LogP contribution in [0, 0.1) is 6.92 Å². The molecule has 0 aliphatic rings. The van der Waals surface area contributed by atoms with Gasteiger partial charge >= 0.3 is 0 Å². The summed E-state index contributed by atoms with van der Waals surface area (Å²) in [5, 5.41) is 13.4. The lowest BCUT2D eigenvalue weighted by Gasteiger charge is -2.19. The summed E-state index contributed by atoms with van der Waals surface area (Å²) in [6.07, 6.45) is 1.74. The zero-order valence-electron chi connectivity index (χ0n) is 16.6. The molecule has 28 heavy (non-hydrogen) atoms. The summed E-state index contributed by atoms with van der Waals surface area (Å²) in [7, 11) is 0. The first-order chi connectivity index (χ1) is 13.2. The fourth-order valence-electron chi connectivity index (χ4n) is 2.82. The van der Waals surface area contributed by atoms with Crippen LogP contribution < -0.4 is 10.6 Å². The van der Waals surface area contributed by atoms with E-state index >= 15 is 0 Å². The molecule has 0 unspecified atom stereocenters. The molecule has 7 heteroatoms. The highest BCUT2D eigenvalue weighted by Gasteiger charge is 2.14. The summed E-state index contributed by atoms with van der Waals surface area (Å²) < 4.78 is 0. The van der Waals surface area contributed by atoms with E-state index in [0.717, 1.165) is 11.1 Å². The summed E-state index contributed by atoms with van der Waals surface area (Å²) in [6.45, 7) is 8.53. The van der Waals surface area contributed by atoms with Crippen molar-refractivity contribution < 1.29 is 9.59 Å². The van der Waals surface area contributed by atoms with Crippen LogP contribution in [0.2, 0.25) is 0 Å². The number of benzene rings is 1. The molecule has 0 saturated heterocycles. The summed E-state index contributed by atoms with van der Waals surface area (Å²) in [5.74, 6) is -0.379. The van der Waals surface area contributed by atoms with Gasteiger partial charge in [-0.1, -0.05) is 32.9 Å². The van der Waals surface area contributed by atoms with E-state index in [-0.39, 0.29) is 30.2 Å². The molecule has 3 aromatic rings. The van der Waals surface area contributed by atoms with Gasteiger partial charge < -0.3 is 10.6 Å². The minimum absolute atomic E-state index is 0.0416. The van der Waals surface area contributed by atoms with Crippen LogP contribution in [-0.2, 0) is 10.2 Å². The number of nitrogens with zero attached hydrogens (tertiary/aromatic N) is 2. The Hall–Kier alpha value is -3.22. The van der Waals surface area contributed by atoms with Gasteiger partial charge in [-0.2, -0.15) is 5.10 Å². The molecule has 2 aromatic heterocycles. The van der Waals surface area contributed by atoms with Crippen LogP contribution in [0.25, 0.3) is 11.0 Å². The predicted molar refractivity (Wildman–Crippen MR) is 109 cm³/mol. The quantitative estimate of drug-likeness (QED) is 0.633. The van der Waals surface area contributed by atoms with Gasteiger partial charge in [0.1, 0.15) is 0 Å². The molecule has 0 bridgehead atoms. The largest absolute Gasteiger partial charge is 0.352 e. The van der Waals surface area contributed by atoms with Crippen LogP contribution in [0.3, 0.4) is 0 Å². The monoisotopic (exact) mass is 379 g/mol. The Kier molecular flexibility index (Phi) is 5.44. The first kappa shape index (κ1) is 19.5. The molecule has 1 aromatic carbocycles. The maximum absolute atomic E-state index is 12.2. The van der Waals surface area contributed by atoms with Crippen LogP contribution in [0.5, 0.6) is 0 Å². The summed E-state index contributed by atoms with van der Waals surface area (Å²) >= 11 is 0. The van der Waals surface area contributed by atoms with Crippen molar-refractivity contribution in [3.63, 3.8) is 0 Å². The Morgan fingerprint density at radius 3 is 2.54 bits per heavy atom. The zero-order chi connectivity index (χ0) is 20.3. The molecule has 2 heterocycles. The standard InChI is InChI=1S/C21H25N5O2/c1-13-17-11-16(12-23-19(17)26-25-13)24-18(27)9-10-22-20(28)14-5-7-15(8-6-14)21(2,3)4/h5-8,11-12H,9-10H2,1-4H3,(H,22,28)(H,24,27)(H,23,25,26). The number of aryl methyl sites for hydroxylation is 1. The second kappa shape index (κ2) is 7.80. The maximum Gasteiger partial charge on any atom is 0.251 e. The van der Waals surface area contributed by atoms with E-state index in [4.69, 9.17) is 0 Å². The van der Waals surface area contributed by atoms with Crippen LogP contribution in [0.1, 0.15) is 48.8 Å². The molecular weight excluding hydrogens is 354 g/mol. The van der Waals surface area contributed by atoms with Crippen molar-refractivity contribution in [2.24, 2.45) is 0 Å². The number of carbonyl (C=O) groups excluding carboxylic acids is 2. The predicted octanol–water partition coefficient (Wildman–Crippen LogP) is 3.32. The number of H-pyrrole nitrogens is 1. The third-order valence-electron chi connectivity index (χ3n) is 4.53. The number of hydrogen-bond acceptors (Lipinski definition) is 4. The normalized spacial score (nSPS) is 11.4. The second-order valence-electron chi connectivity index (χ2n) is 7.83. The van der Waals surface area contributed by atoms with Crippen LogP contribution in [0.15, 0.2) is 36.5 Å². The van der Waals surface area contributed by atoms with Crippen molar-refractivity contribution >= 4 is 28.5 Å². The fraction of sp³-hybridized carbons (Fsp3) is 0.333. The van der Waals surface area contributed by atoms with Crippen LogP contribution >= 0.6 is 0 Å². The molecule has 0 aliphatic carbocycles. The number of hydrogen-bond donors (Lipinski definition) is 3. The first-order valence-electron chi connectivity index (χ1n) is 9.23. The van der Waals surface area contributed by atoms with E-state index in [1.165, 1.54) is 5.56 Å². The van der Waals surface area contributed by atoms with Gasteiger partial charge in [-0.05, 0) is 36.1 Å². The second-order valence-corrected chi connectivity index (χ2v) is 7.83. The van der Waals surface area contributed by atoms with Crippen LogP contribution in [-0.4, -0.2) is 33.5 Å². The number of amides is 2. The molecule has 0 atom stereocenters. The first-order valence-corrected chi connectivity index (χ1v) is 9.23. The van der Waals surface area contributed by atoms with E-state index in [9.17, 15) is 9.59 Å². The number of pyridine rings is 1. The summed E-state index contributed by atoms with van der Waals surface area (Å²) in [6, 6.07) is 9.37. The Morgan fingerprint density at radius 1 is 1.14 bits per heavy atom. The number of aromatic amines is 1. The van der Waals surface area contributed by atoms with Gasteiger partial charge in [0, 0.05) is 29.6 Å². The van der Waals surface area contributed by atoms with E-state index in [1.54, 1.807) is 6.20 Å². The van der Waals surface area contributed by atoms with Gasteiger partial charge in [0.05, 0.1) is 11.9 Å². The molecule has 0 aliphatic heterocycles. The third kappa shape index (κ3) is 4.54. The Labute approximate surface area is 163 Å². The number of carbonyl (C=O) groups is 2. The molecule has 3 rings (SSSR count). The van der Waals surface area contributed by atoms with Crippen molar-refractivity contribution in [1.29, 1.82) is 0 Å². The summed E-state index contributed by atoms with van der Waals surface area (Å²) in [4.78, 5) is 28.6. The van der Waals surface area contributed by atoms with E-state index in [0.29, 0.717) is 16.9 Å². The Morgan fingerprint density at radius 2 is 1.86 bits per heavy atom. The lowest BCUT2D eigenvalue weighted by molar-refractivity contribution is -0.116. The minimum atomic E-state index is -0.189. The Bertz CT molecular complexity index is 1000. The zero-order valence-corrected chi connectivity index (χ0v) is 16.6. The van der Waals surface area contributed by atoms with Crippen LogP contribution in [0.4, 0.5) is 5.69 Å². The summed E-state index contributed by atoms with van der Waals surface area (Å²) in [5.41, 5.74) is 3.90. The molecule has 146 valence electrons. The van der Waals surface area contributed by atoms with E-state index < -0.39 is 0 Å². The SMILES string of the molecule is Cc1[nH]nc2ncc(NC(=O)CCNC(=O)c3ccc(C(C)(C)C)cc3)cc12. The highest BCUT2D eigenvalue weighted by atomic mass is 16.2. The molecule has 0 fully saturated rings. The van der Waals surface area contributed by atoms with Gasteiger partial charge in [-0.3, -0.25) is 14.7 Å². The Balaban J connectivity index is 1.50. The van der Waals surface area contributed by atoms with Crippen molar-refractivity contribution in [3.8, 4) is 0 Å². The van der Waals surface area contributed by atoms with Crippen molar-refractivity contribution in [2.75, 3.05) is 11.9 Å². The molecule has 2 amide bonds. The minimum Gasteiger partial charge on any atom is -0.352 e. The highest BCUT2D eigenvalue weighted by molar-refractivity contribution is 5.96. The van der Waals surface area contributed by atoms with Gasteiger partial charge in [0.15, 0.2) is 5.65 Å². The van der Waals surface area contributed by atoms with Crippen molar-refractivity contribution in [2.45, 2.75) is 39.5 Å². The fourth-order valence-corrected chi connectivity index (χ4v) is 2.82. The molecular formula is C21H25N5O2. The number of anilines is 1. The number of aromatic nitrogens is 3. The maximum atomic E-state index is 12.2. The van der Waals surface area contributed by atoms with E-state index in [1.807, 2.05) is 37.3 Å². The highest BCUT2D eigenvalue weighted by Crippen LogP contribution is 2.22. The number of fused-ring (bicyclic) bond motifs is 1. The van der Waals surface area contributed by atoms with Gasteiger partial charge in [-0.25, -0.2) is 4.98 Å². The third-order valence-corrected chi connectivity index (χ3v) is 4.53. The molecule has 0 saturated carbocycles. The molecule has 0 spiro atoms. The lowest BCUT2D eigenvalue weighted by atomic mass is 9.87. The van der Waals surface area contributed by atoms with Crippen molar-refractivity contribution in [1.82, 2.24) is 20.5 Å². The topological polar surface area (TPSA) is 99.8 Å². The van der Waals surface area contributed by atoms with Gasteiger partial charge in [0.2, 0.25) is 5.91 Å². The number of nitrogens with one attached hydrogen (secondary N) is 3. The lowest BCUT2D eigenvalue weighted by Crippen LogP contribution is -2.27. The molecule has 3 N–H and O–H groups in total. The molecule has 0 radical (unpaired) electrons. The average Bonchev–Trinajstić information content (AvgIpc) is 3.01. The van der Waals surface area contributed by atoms with Gasteiger partial charge in [0.25, 0.3) is 5.91 Å². The molecule has 7 nitrogen and oxygen atoms in total. The number of rotatable bonds is 5. The average molecular weight is 379 g/mol. The van der Waals surface area contributed by atoms with Gasteiger partial charge in [-0.15, -0.1) is 0 Å². The van der Waals surface area contributed by atoms with E-state index in [2.05, 4.69) is 46.6 Å². The smallest absolute Gasteiger partial charge is 0.251 e.